The Morgan fingerprint density at radius 2 is 2.06 bits per heavy atom. The average Bonchev–Trinajstić information content (AvgIpc) is 2.87. The summed E-state index contributed by atoms with van der Waals surface area (Å²) in [6.45, 7) is 0. The van der Waals surface area contributed by atoms with Gasteiger partial charge in [-0.15, -0.1) is 0 Å². The number of rotatable bonds is 2. The number of hydrogen-bond acceptors (Lipinski definition) is 4. The molecule has 2 aromatic rings. The van der Waals surface area contributed by atoms with Crippen LogP contribution in [-0.4, -0.2) is 33.7 Å². The molecule has 0 spiro atoms. The minimum absolute atomic E-state index is 0.383. The average molecular weight is 245 g/mol. The van der Waals surface area contributed by atoms with Crippen LogP contribution in [0.15, 0.2) is 24.7 Å². The zero-order valence-corrected chi connectivity index (χ0v) is 10.7. The predicted molar refractivity (Wildman–Crippen MR) is 71.6 cm³/mol. The lowest BCUT2D eigenvalue weighted by Crippen LogP contribution is -2.39. The lowest BCUT2D eigenvalue weighted by molar-refractivity contribution is 0.384. The van der Waals surface area contributed by atoms with Crippen molar-refractivity contribution in [3.63, 3.8) is 0 Å². The van der Waals surface area contributed by atoms with E-state index in [0.717, 1.165) is 37.0 Å². The first-order chi connectivity index (χ1) is 8.75. The van der Waals surface area contributed by atoms with Gasteiger partial charge in [0.1, 0.15) is 5.52 Å². The molecule has 1 saturated carbocycles. The number of hydrogen-bond donors (Lipinski definition) is 1. The standard InChI is InChI=1S/C13H19N5/c1-17(11-4-2-10(14)3-5-11)13-12-6-7-16-18(12)9-8-15-13/h6-11H,2-5,14H2,1H3. The topological polar surface area (TPSA) is 59.5 Å². The SMILES string of the molecule is CN(c1nccn2nccc12)C1CCC(N)CC1. The predicted octanol–water partition coefficient (Wildman–Crippen LogP) is 1.44. The molecule has 0 radical (unpaired) electrons. The number of nitrogens with two attached hydrogens (primary N) is 1. The van der Waals surface area contributed by atoms with E-state index in [1.54, 1.807) is 6.20 Å². The van der Waals surface area contributed by atoms with E-state index in [2.05, 4.69) is 22.0 Å². The fourth-order valence-electron chi connectivity index (χ4n) is 2.78. The number of fused-ring (bicyclic) bond motifs is 1. The van der Waals surface area contributed by atoms with Crippen LogP contribution in [0, 0.1) is 0 Å². The molecule has 2 N–H and O–H groups in total. The first-order valence-electron chi connectivity index (χ1n) is 6.52. The summed E-state index contributed by atoms with van der Waals surface area (Å²) in [5.41, 5.74) is 7.03. The molecule has 0 aliphatic heterocycles. The summed E-state index contributed by atoms with van der Waals surface area (Å²) in [7, 11) is 2.12. The van der Waals surface area contributed by atoms with Crippen molar-refractivity contribution < 1.29 is 0 Å². The van der Waals surface area contributed by atoms with Crippen LogP contribution in [0.3, 0.4) is 0 Å². The summed E-state index contributed by atoms with van der Waals surface area (Å²) >= 11 is 0. The van der Waals surface area contributed by atoms with Crippen molar-refractivity contribution in [2.45, 2.75) is 37.8 Å². The molecule has 0 unspecified atom stereocenters. The molecule has 0 atom stereocenters. The van der Waals surface area contributed by atoms with Gasteiger partial charge in [-0.3, -0.25) is 0 Å². The van der Waals surface area contributed by atoms with Gasteiger partial charge >= 0.3 is 0 Å². The minimum Gasteiger partial charge on any atom is -0.355 e. The fourth-order valence-corrected chi connectivity index (χ4v) is 2.78. The van der Waals surface area contributed by atoms with Crippen LogP contribution in [0.1, 0.15) is 25.7 Å². The van der Waals surface area contributed by atoms with E-state index in [0.29, 0.717) is 12.1 Å². The highest BCUT2D eigenvalue weighted by Gasteiger charge is 2.23. The summed E-state index contributed by atoms with van der Waals surface area (Å²) in [6, 6.07) is 2.93. The van der Waals surface area contributed by atoms with E-state index >= 15 is 0 Å². The highest BCUT2D eigenvalue weighted by Crippen LogP contribution is 2.26. The molecule has 2 aromatic heterocycles. The van der Waals surface area contributed by atoms with Crippen molar-refractivity contribution in [1.29, 1.82) is 0 Å². The molecule has 0 bridgehead atoms. The largest absolute Gasteiger partial charge is 0.355 e. The Labute approximate surface area is 107 Å². The van der Waals surface area contributed by atoms with Gasteiger partial charge in [0.05, 0.1) is 6.20 Å². The normalized spacial score (nSPS) is 24.3. The molecule has 2 heterocycles. The first kappa shape index (κ1) is 11.5. The maximum atomic E-state index is 5.96. The van der Waals surface area contributed by atoms with Crippen LogP contribution in [0.4, 0.5) is 5.82 Å². The van der Waals surface area contributed by atoms with Crippen molar-refractivity contribution in [3.05, 3.63) is 24.7 Å². The van der Waals surface area contributed by atoms with Crippen molar-refractivity contribution in [1.82, 2.24) is 14.6 Å². The summed E-state index contributed by atoms with van der Waals surface area (Å²) in [5.74, 6) is 1.01. The molecule has 0 amide bonds. The molecular weight excluding hydrogens is 226 g/mol. The van der Waals surface area contributed by atoms with E-state index in [4.69, 9.17) is 5.73 Å². The van der Waals surface area contributed by atoms with Crippen LogP contribution in [0.5, 0.6) is 0 Å². The van der Waals surface area contributed by atoms with E-state index in [-0.39, 0.29) is 0 Å². The Morgan fingerprint density at radius 1 is 1.28 bits per heavy atom. The third kappa shape index (κ3) is 1.95. The molecule has 3 rings (SSSR count). The highest BCUT2D eigenvalue weighted by atomic mass is 15.3. The van der Waals surface area contributed by atoms with Crippen molar-refractivity contribution in [2.75, 3.05) is 11.9 Å². The Bertz CT molecular complexity index is 527. The number of anilines is 1. The van der Waals surface area contributed by atoms with Gasteiger partial charge in [-0.05, 0) is 31.7 Å². The van der Waals surface area contributed by atoms with Crippen LogP contribution >= 0.6 is 0 Å². The Morgan fingerprint density at radius 3 is 2.83 bits per heavy atom. The minimum atomic E-state index is 0.383. The zero-order valence-electron chi connectivity index (χ0n) is 10.7. The monoisotopic (exact) mass is 245 g/mol. The second kappa shape index (κ2) is 4.57. The number of nitrogens with zero attached hydrogens (tertiary/aromatic N) is 4. The quantitative estimate of drug-likeness (QED) is 0.869. The van der Waals surface area contributed by atoms with Crippen molar-refractivity contribution in [2.24, 2.45) is 5.73 Å². The summed E-state index contributed by atoms with van der Waals surface area (Å²) < 4.78 is 1.87. The van der Waals surface area contributed by atoms with Gasteiger partial charge in [0.2, 0.25) is 0 Å². The van der Waals surface area contributed by atoms with Gasteiger partial charge in [0, 0.05) is 31.5 Å². The van der Waals surface area contributed by atoms with Gasteiger partial charge in [-0.25, -0.2) is 9.50 Å². The maximum absolute atomic E-state index is 5.96. The molecule has 1 aliphatic carbocycles. The van der Waals surface area contributed by atoms with Gasteiger partial charge in [-0.2, -0.15) is 5.10 Å². The van der Waals surface area contributed by atoms with Gasteiger partial charge in [0.15, 0.2) is 5.82 Å². The summed E-state index contributed by atoms with van der Waals surface area (Å²) in [5, 5.41) is 4.25. The van der Waals surface area contributed by atoms with Gasteiger partial charge < -0.3 is 10.6 Å². The lowest BCUT2D eigenvalue weighted by Gasteiger charge is -2.34. The van der Waals surface area contributed by atoms with Crippen molar-refractivity contribution in [3.8, 4) is 0 Å². The highest BCUT2D eigenvalue weighted by molar-refractivity contribution is 5.68. The maximum Gasteiger partial charge on any atom is 0.154 e. The second-order valence-electron chi connectivity index (χ2n) is 5.09. The fraction of sp³-hybridized carbons (Fsp3) is 0.538. The Hall–Kier alpha value is -1.62. The third-order valence-corrected chi connectivity index (χ3v) is 3.93. The zero-order chi connectivity index (χ0) is 12.5. The molecule has 5 heteroatoms. The third-order valence-electron chi connectivity index (χ3n) is 3.93. The Balaban J connectivity index is 1.87. The molecule has 96 valence electrons. The summed E-state index contributed by atoms with van der Waals surface area (Å²) in [6.07, 6.45) is 10.0. The Kier molecular flexibility index (Phi) is 2.91. The first-order valence-corrected chi connectivity index (χ1v) is 6.52. The lowest BCUT2D eigenvalue weighted by atomic mass is 9.91. The van der Waals surface area contributed by atoms with Gasteiger partial charge in [-0.1, -0.05) is 0 Å². The van der Waals surface area contributed by atoms with Crippen molar-refractivity contribution >= 4 is 11.3 Å². The van der Waals surface area contributed by atoms with Crippen LogP contribution < -0.4 is 10.6 Å². The van der Waals surface area contributed by atoms with E-state index in [1.165, 1.54) is 0 Å². The molecule has 1 aliphatic rings. The van der Waals surface area contributed by atoms with Crippen LogP contribution in [0.2, 0.25) is 0 Å². The smallest absolute Gasteiger partial charge is 0.154 e. The van der Waals surface area contributed by atoms with Crippen LogP contribution in [-0.2, 0) is 0 Å². The van der Waals surface area contributed by atoms with E-state index < -0.39 is 0 Å². The molecular formula is C13H19N5. The van der Waals surface area contributed by atoms with E-state index in [1.807, 2.05) is 23.0 Å². The molecule has 0 saturated heterocycles. The van der Waals surface area contributed by atoms with E-state index in [9.17, 15) is 0 Å². The molecule has 1 fully saturated rings. The van der Waals surface area contributed by atoms with Crippen LogP contribution in [0.25, 0.3) is 5.52 Å². The van der Waals surface area contributed by atoms with Gasteiger partial charge in [0.25, 0.3) is 0 Å². The number of aromatic nitrogens is 3. The molecule has 18 heavy (non-hydrogen) atoms. The summed E-state index contributed by atoms with van der Waals surface area (Å²) in [4.78, 5) is 6.79. The molecule has 0 aromatic carbocycles. The molecule has 5 nitrogen and oxygen atoms in total. The second-order valence-corrected chi connectivity index (χ2v) is 5.09.